The van der Waals surface area contributed by atoms with E-state index < -0.39 is 66.2 Å². The first-order chi connectivity index (χ1) is 19.4. The Morgan fingerprint density at radius 1 is 0.878 bits per heavy atom. The molecule has 0 aliphatic heterocycles. The van der Waals surface area contributed by atoms with Crippen LogP contribution in [0.25, 0.3) is 10.9 Å². The Labute approximate surface area is 240 Å². The molecule has 41 heavy (non-hydrogen) atoms. The molecule has 4 amide bonds. The summed E-state index contributed by atoms with van der Waals surface area (Å²) in [6.07, 6.45) is 2.36. The number of carboxylic acids is 2. The molecule has 1 aromatic carbocycles. The van der Waals surface area contributed by atoms with Crippen LogP contribution in [0.5, 0.6) is 0 Å². The molecule has 2 aromatic rings. The lowest BCUT2D eigenvalue weighted by atomic mass is 10.0. The number of primary amides is 1. The van der Waals surface area contributed by atoms with E-state index in [1.165, 1.54) is 11.8 Å². The van der Waals surface area contributed by atoms with E-state index in [2.05, 4.69) is 20.9 Å². The van der Waals surface area contributed by atoms with Gasteiger partial charge in [-0.15, -0.1) is 0 Å². The summed E-state index contributed by atoms with van der Waals surface area (Å²) in [5.41, 5.74) is 12.5. The van der Waals surface area contributed by atoms with Crippen molar-refractivity contribution in [2.45, 2.75) is 62.7 Å². The van der Waals surface area contributed by atoms with E-state index >= 15 is 0 Å². The minimum absolute atomic E-state index is 0.0874. The van der Waals surface area contributed by atoms with Crippen LogP contribution in [-0.4, -0.2) is 86.9 Å². The van der Waals surface area contributed by atoms with Gasteiger partial charge in [-0.2, -0.15) is 11.8 Å². The maximum Gasteiger partial charge on any atom is 0.326 e. The van der Waals surface area contributed by atoms with E-state index in [0.717, 1.165) is 10.9 Å². The zero-order valence-electron chi connectivity index (χ0n) is 22.6. The number of nitrogens with two attached hydrogens (primary N) is 2. The molecule has 0 fully saturated rings. The van der Waals surface area contributed by atoms with Crippen molar-refractivity contribution in [3.8, 4) is 0 Å². The molecule has 0 radical (unpaired) electrons. The monoisotopic (exact) mass is 592 g/mol. The molecule has 0 aliphatic rings. The van der Waals surface area contributed by atoms with Crippen molar-refractivity contribution in [3.63, 3.8) is 0 Å². The summed E-state index contributed by atoms with van der Waals surface area (Å²) in [5, 5.41) is 26.9. The number of thioether (sulfide) groups is 1. The smallest absolute Gasteiger partial charge is 0.326 e. The van der Waals surface area contributed by atoms with Crippen molar-refractivity contribution >= 4 is 58.2 Å². The molecule has 0 saturated heterocycles. The van der Waals surface area contributed by atoms with Crippen LogP contribution in [-0.2, 0) is 35.2 Å². The Kier molecular flexibility index (Phi) is 13.1. The largest absolute Gasteiger partial charge is 0.481 e. The lowest BCUT2D eigenvalue weighted by Gasteiger charge is -2.25. The van der Waals surface area contributed by atoms with E-state index in [9.17, 15) is 33.9 Å². The van der Waals surface area contributed by atoms with Crippen LogP contribution in [0.4, 0.5) is 0 Å². The summed E-state index contributed by atoms with van der Waals surface area (Å²) in [7, 11) is 0. The molecular weight excluding hydrogens is 556 g/mol. The zero-order valence-corrected chi connectivity index (χ0v) is 23.4. The van der Waals surface area contributed by atoms with E-state index in [4.69, 9.17) is 16.6 Å². The predicted octanol–water partition coefficient (Wildman–Crippen LogP) is -0.540. The van der Waals surface area contributed by atoms with Crippen LogP contribution in [0.15, 0.2) is 30.5 Å². The highest BCUT2D eigenvalue weighted by molar-refractivity contribution is 7.98. The average molecular weight is 593 g/mol. The Bertz CT molecular complexity index is 1250. The van der Waals surface area contributed by atoms with Gasteiger partial charge in [-0.25, -0.2) is 4.79 Å². The number of carbonyl (C=O) groups excluding carboxylic acids is 4. The van der Waals surface area contributed by atoms with Gasteiger partial charge in [0.2, 0.25) is 23.6 Å². The van der Waals surface area contributed by atoms with E-state index in [1.807, 2.05) is 18.4 Å². The van der Waals surface area contributed by atoms with Crippen molar-refractivity contribution in [3.05, 3.63) is 36.0 Å². The predicted molar refractivity (Wildman–Crippen MR) is 152 cm³/mol. The number of hydrogen-bond acceptors (Lipinski definition) is 8. The van der Waals surface area contributed by atoms with Gasteiger partial charge in [-0.05, 0) is 42.9 Å². The maximum absolute atomic E-state index is 13.2. The number of carbonyl (C=O) groups is 6. The second-order valence-corrected chi connectivity index (χ2v) is 10.4. The third-order valence-electron chi connectivity index (χ3n) is 6.28. The van der Waals surface area contributed by atoms with Crippen LogP contribution in [0, 0.1) is 0 Å². The topological polar surface area (TPSA) is 247 Å². The molecule has 0 saturated carbocycles. The summed E-state index contributed by atoms with van der Waals surface area (Å²) in [5.74, 6) is -5.19. The number of aromatic nitrogens is 1. The number of aliphatic carboxylic acids is 2. The lowest BCUT2D eigenvalue weighted by Crippen LogP contribution is -2.57. The molecule has 4 unspecified atom stereocenters. The summed E-state index contributed by atoms with van der Waals surface area (Å²) >= 11 is 1.48. The molecule has 0 bridgehead atoms. The molecule has 10 N–H and O–H groups in total. The van der Waals surface area contributed by atoms with Crippen molar-refractivity contribution in [1.29, 1.82) is 0 Å². The number of nitrogens with one attached hydrogen (secondary N) is 4. The molecule has 1 aromatic heterocycles. The van der Waals surface area contributed by atoms with Crippen LogP contribution in [0.2, 0.25) is 0 Å². The van der Waals surface area contributed by atoms with Gasteiger partial charge in [0.1, 0.15) is 18.1 Å². The van der Waals surface area contributed by atoms with Crippen molar-refractivity contribution in [1.82, 2.24) is 20.9 Å². The van der Waals surface area contributed by atoms with Gasteiger partial charge >= 0.3 is 11.9 Å². The highest BCUT2D eigenvalue weighted by atomic mass is 32.2. The quantitative estimate of drug-likeness (QED) is 0.110. The van der Waals surface area contributed by atoms with Crippen LogP contribution in [0.1, 0.15) is 37.7 Å². The summed E-state index contributed by atoms with van der Waals surface area (Å²) in [4.78, 5) is 76.5. The van der Waals surface area contributed by atoms with Crippen molar-refractivity contribution in [2.24, 2.45) is 11.5 Å². The Morgan fingerprint density at radius 3 is 2.05 bits per heavy atom. The fourth-order valence-electron chi connectivity index (χ4n) is 4.01. The fraction of sp³-hybridized carbons (Fsp3) is 0.462. The average Bonchev–Trinajstić information content (AvgIpc) is 3.33. The summed E-state index contributed by atoms with van der Waals surface area (Å²) < 4.78 is 0. The van der Waals surface area contributed by atoms with Gasteiger partial charge in [-0.3, -0.25) is 24.0 Å². The molecule has 2 rings (SSSR count). The molecule has 14 nitrogen and oxygen atoms in total. The van der Waals surface area contributed by atoms with Gasteiger partial charge < -0.3 is 42.6 Å². The molecular formula is C26H36N6O8S. The van der Waals surface area contributed by atoms with Crippen LogP contribution < -0.4 is 27.4 Å². The second kappa shape index (κ2) is 16.2. The Morgan fingerprint density at radius 2 is 1.46 bits per heavy atom. The maximum atomic E-state index is 13.2. The normalized spacial score (nSPS) is 13.9. The highest BCUT2D eigenvalue weighted by Crippen LogP contribution is 2.19. The number of rotatable bonds is 18. The summed E-state index contributed by atoms with van der Waals surface area (Å²) in [6, 6.07) is 2.11. The van der Waals surface area contributed by atoms with E-state index in [1.54, 1.807) is 18.3 Å². The number of para-hydroxylation sites is 1. The summed E-state index contributed by atoms with van der Waals surface area (Å²) in [6.45, 7) is 0. The minimum atomic E-state index is -1.46. The first kappa shape index (κ1) is 33.1. The Balaban J connectivity index is 2.20. The molecule has 0 aliphatic carbocycles. The Hall–Kier alpha value is -4.11. The standard InChI is InChI=1S/C26H36N6O8S/c1-41-11-10-16(27)23(36)30-18(6-8-21(28)33)24(37)31-19(7-9-22(34)35)25(38)32-20(26(39)40)12-14-13-29-17-5-3-2-4-15(14)17/h2-5,13,16,18-20,29H,6-12,27H2,1H3,(H2,28,33)(H,30,36)(H,31,37)(H,32,38)(H,34,35)(H,39,40). The first-order valence-corrected chi connectivity index (χ1v) is 14.3. The van der Waals surface area contributed by atoms with Gasteiger partial charge in [-0.1, -0.05) is 18.2 Å². The van der Waals surface area contributed by atoms with Gasteiger partial charge in [0.05, 0.1) is 6.04 Å². The minimum Gasteiger partial charge on any atom is -0.481 e. The van der Waals surface area contributed by atoms with Gasteiger partial charge in [0.15, 0.2) is 0 Å². The highest BCUT2D eigenvalue weighted by Gasteiger charge is 2.31. The molecule has 224 valence electrons. The molecule has 4 atom stereocenters. The number of H-pyrrole nitrogens is 1. The van der Waals surface area contributed by atoms with Crippen LogP contribution in [0.3, 0.4) is 0 Å². The number of fused-ring (bicyclic) bond motifs is 1. The van der Waals surface area contributed by atoms with E-state index in [-0.39, 0.29) is 25.7 Å². The van der Waals surface area contributed by atoms with Crippen molar-refractivity contribution < 1.29 is 39.0 Å². The number of hydrogen-bond donors (Lipinski definition) is 8. The number of amides is 4. The SMILES string of the molecule is CSCCC(N)C(=O)NC(CCC(N)=O)C(=O)NC(CCC(=O)O)C(=O)NC(Cc1c[nH]c2ccccc12)C(=O)O. The zero-order chi connectivity index (χ0) is 30.5. The molecule has 15 heteroatoms. The molecule has 0 spiro atoms. The number of benzene rings is 1. The second-order valence-electron chi connectivity index (χ2n) is 9.41. The number of carboxylic acid groups (broad SMARTS) is 2. The number of aromatic amines is 1. The molecule has 1 heterocycles. The van der Waals surface area contributed by atoms with E-state index in [0.29, 0.717) is 17.7 Å². The first-order valence-electron chi connectivity index (χ1n) is 12.9. The van der Waals surface area contributed by atoms with Crippen molar-refractivity contribution in [2.75, 3.05) is 12.0 Å². The fourth-order valence-corrected chi connectivity index (χ4v) is 4.50. The third kappa shape index (κ3) is 10.8. The van der Waals surface area contributed by atoms with Gasteiger partial charge in [0, 0.05) is 36.4 Å². The lowest BCUT2D eigenvalue weighted by molar-refractivity contribution is -0.143. The third-order valence-corrected chi connectivity index (χ3v) is 6.92. The van der Waals surface area contributed by atoms with Gasteiger partial charge in [0.25, 0.3) is 0 Å². The van der Waals surface area contributed by atoms with Crippen LogP contribution >= 0.6 is 11.8 Å².